The second kappa shape index (κ2) is 5.73. The molecule has 7 heteroatoms. The number of thiazole rings is 1. The van der Waals surface area contributed by atoms with Gasteiger partial charge in [-0.3, -0.25) is 0 Å². The third kappa shape index (κ3) is 3.04. The number of hydrogen-bond acceptors (Lipinski definition) is 7. The summed E-state index contributed by atoms with van der Waals surface area (Å²) in [5, 5.41) is 14.2. The zero-order valence-electron chi connectivity index (χ0n) is 11.0. The van der Waals surface area contributed by atoms with Crippen molar-refractivity contribution >= 4 is 27.8 Å². The highest BCUT2D eigenvalue weighted by Crippen LogP contribution is 2.33. The van der Waals surface area contributed by atoms with E-state index in [4.69, 9.17) is 0 Å². The Morgan fingerprint density at radius 1 is 1.22 bits per heavy atom. The lowest BCUT2D eigenvalue weighted by Gasteiger charge is -2.06. The van der Waals surface area contributed by atoms with Crippen molar-refractivity contribution in [3.63, 3.8) is 0 Å². The van der Waals surface area contributed by atoms with Crippen LogP contribution in [0, 0.1) is 6.92 Å². The average Bonchev–Trinajstić information content (AvgIpc) is 2.92. The molecule has 2 aromatic rings. The van der Waals surface area contributed by atoms with Gasteiger partial charge in [0.25, 0.3) is 0 Å². The summed E-state index contributed by atoms with van der Waals surface area (Å²) in [6.45, 7) is 3.05. The maximum atomic E-state index is 4.60. The fraction of sp³-hybridized carbons (Fsp3) is 0.545. The van der Waals surface area contributed by atoms with Crippen molar-refractivity contribution < 1.29 is 0 Å². The Bertz CT molecular complexity index is 517. The molecule has 0 fully saturated rings. The fourth-order valence-electron chi connectivity index (χ4n) is 1.49. The maximum absolute atomic E-state index is 4.60. The topological polar surface area (TPSA) is 53.9 Å². The normalized spacial score (nSPS) is 11.2. The second-order valence-electron chi connectivity index (χ2n) is 4.24. The van der Waals surface area contributed by atoms with E-state index in [1.165, 1.54) is 0 Å². The van der Waals surface area contributed by atoms with Gasteiger partial charge in [0.15, 0.2) is 5.01 Å². The second-order valence-corrected chi connectivity index (χ2v) is 6.30. The number of hydrogen-bond donors (Lipinski definition) is 1. The van der Waals surface area contributed by atoms with E-state index in [1.54, 1.807) is 22.7 Å². The van der Waals surface area contributed by atoms with Crippen LogP contribution in [0.25, 0.3) is 9.88 Å². The van der Waals surface area contributed by atoms with Crippen LogP contribution in [0.2, 0.25) is 0 Å². The molecule has 2 rings (SSSR count). The van der Waals surface area contributed by atoms with Gasteiger partial charge >= 0.3 is 0 Å². The van der Waals surface area contributed by atoms with E-state index in [1.807, 2.05) is 14.0 Å². The molecular weight excluding hydrogens is 266 g/mol. The third-order valence-corrected chi connectivity index (χ3v) is 4.76. The van der Waals surface area contributed by atoms with Crippen LogP contribution >= 0.6 is 22.7 Å². The van der Waals surface area contributed by atoms with E-state index in [9.17, 15) is 0 Å². The van der Waals surface area contributed by atoms with E-state index in [0.29, 0.717) is 0 Å². The van der Waals surface area contributed by atoms with Gasteiger partial charge in [0, 0.05) is 20.0 Å². The first kappa shape index (κ1) is 13.4. The molecule has 1 N–H and O–H groups in total. The van der Waals surface area contributed by atoms with E-state index in [0.717, 1.165) is 38.7 Å². The Labute approximate surface area is 115 Å². The van der Waals surface area contributed by atoms with Gasteiger partial charge in [-0.15, -0.1) is 21.5 Å². The van der Waals surface area contributed by atoms with Gasteiger partial charge in [-0.25, -0.2) is 4.98 Å². The molecule has 2 heterocycles. The first-order valence-corrected chi connectivity index (χ1v) is 7.36. The largest absolute Gasteiger partial charge is 0.363 e. The Balaban J connectivity index is 2.18. The van der Waals surface area contributed by atoms with Crippen molar-refractivity contribution in [1.82, 2.24) is 20.1 Å². The Hall–Kier alpha value is -1.05. The fourth-order valence-corrected chi connectivity index (χ4v) is 3.36. The number of likely N-dealkylation sites (N-methyl/N-ethyl adjacent to an activating group) is 1. The predicted molar refractivity (Wildman–Crippen MR) is 77.6 cm³/mol. The van der Waals surface area contributed by atoms with E-state index >= 15 is 0 Å². The number of aryl methyl sites for hydroxylation is 1. The monoisotopic (exact) mass is 283 g/mol. The quantitative estimate of drug-likeness (QED) is 0.911. The summed E-state index contributed by atoms with van der Waals surface area (Å²) in [5.74, 6) is 0. The lowest BCUT2D eigenvalue weighted by atomic mass is 10.4. The molecule has 2 aromatic heterocycles. The van der Waals surface area contributed by atoms with Gasteiger partial charge in [0.05, 0.1) is 15.6 Å². The number of nitrogens with zero attached hydrogens (tertiary/aromatic N) is 4. The Morgan fingerprint density at radius 2 is 2.00 bits per heavy atom. The van der Waals surface area contributed by atoms with E-state index in [2.05, 4.69) is 39.5 Å². The molecule has 0 aliphatic carbocycles. The SMILES string of the molecule is CNc1nnc(-c2sc(CCN(C)C)nc2C)s1. The summed E-state index contributed by atoms with van der Waals surface area (Å²) in [7, 11) is 6.00. The maximum Gasteiger partial charge on any atom is 0.205 e. The summed E-state index contributed by atoms with van der Waals surface area (Å²) >= 11 is 3.29. The minimum atomic E-state index is 0.840. The molecule has 0 spiro atoms. The van der Waals surface area contributed by atoms with Crippen molar-refractivity contribution in [3.05, 3.63) is 10.7 Å². The zero-order valence-corrected chi connectivity index (χ0v) is 12.7. The minimum absolute atomic E-state index is 0.840. The van der Waals surface area contributed by atoms with Crippen molar-refractivity contribution in [1.29, 1.82) is 0 Å². The smallest absolute Gasteiger partial charge is 0.205 e. The molecule has 18 heavy (non-hydrogen) atoms. The molecule has 0 atom stereocenters. The number of nitrogens with one attached hydrogen (secondary N) is 1. The molecule has 0 amide bonds. The molecule has 0 radical (unpaired) electrons. The van der Waals surface area contributed by atoms with Crippen LogP contribution in [0.5, 0.6) is 0 Å². The summed E-state index contributed by atoms with van der Waals surface area (Å²) in [4.78, 5) is 7.91. The van der Waals surface area contributed by atoms with Crippen LogP contribution < -0.4 is 5.32 Å². The molecule has 0 aromatic carbocycles. The van der Waals surface area contributed by atoms with Gasteiger partial charge in [-0.1, -0.05) is 11.3 Å². The van der Waals surface area contributed by atoms with Crippen molar-refractivity contribution in [2.45, 2.75) is 13.3 Å². The summed E-state index contributed by atoms with van der Waals surface area (Å²) in [6.07, 6.45) is 0.982. The minimum Gasteiger partial charge on any atom is -0.363 e. The lowest BCUT2D eigenvalue weighted by Crippen LogP contribution is -2.14. The zero-order chi connectivity index (χ0) is 13.1. The van der Waals surface area contributed by atoms with Gasteiger partial charge in [-0.05, 0) is 21.0 Å². The molecule has 0 unspecified atom stereocenters. The van der Waals surface area contributed by atoms with E-state index < -0.39 is 0 Å². The first-order chi connectivity index (χ1) is 8.60. The summed E-state index contributed by atoms with van der Waals surface area (Å²) in [6, 6.07) is 0. The summed E-state index contributed by atoms with van der Waals surface area (Å²) < 4.78 is 0. The molecule has 0 saturated carbocycles. The van der Waals surface area contributed by atoms with Gasteiger partial charge in [0.2, 0.25) is 5.13 Å². The van der Waals surface area contributed by atoms with Gasteiger partial charge < -0.3 is 10.2 Å². The number of aromatic nitrogens is 3. The van der Waals surface area contributed by atoms with Crippen LogP contribution in [0.3, 0.4) is 0 Å². The van der Waals surface area contributed by atoms with Crippen LogP contribution in [0.4, 0.5) is 5.13 Å². The standard InChI is InChI=1S/C11H17N5S2/c1-7-9(10-14-15-11(12-2)18-10)17-8(13-7)5-6-16(3)4/h5-6H2,1-4H3,(H,12,15). The molecule has 0 bridgehead atoms. The molecular formula is C11H17N5S2. The Morgan fingerprint density at radius 3 is 2.61 bits per heavy atom. The number of rotatable bonds is 5. The first-order valence-electron chi connectivity index (χ1n) is 5.73. The van der Waals surface area contributed by atoms with Gasteiger partial charge in [0.1, 0.15) is 0 Å². The predicted octanol–water partition coefficient (Wildman–Crippen LogP) is 2.12. The third-order valence-electron chi connectivity index (χ3n) is 2.45. The highest BCUT2D eigenvalue weighted by atomic mass is 32.1. The van der Waals surface area contributed by atoms with E-state index in [-0.39, 0.29) is 0 Å². The van der Waals surface area contributed by atoms with Crippen LogP contribution in [0.15, 0.2) is 0 Å². The highest BCUT2D eigenvalue weighted by molar-refractivity contribution is 7.23. The number of anilines is 1. The van der Waals surface area contributed by atoms with Crippen LogP contribution in [-0.4, -0.2) is 47.8 Å². The van der Waals surface area contributed by atoms with Gasteiger partial charge in [-0.2, -0.15) is 0 Å². The molecule has 0 saturated heterocycles. The Kier molecular flexibility index (Phi) is 4.26. The van der Waals surface area contributed by atoms with Crippen molar-refractivity contribution in [2.75, 3.05) is 33.0 Å². The van der Waals surface area contributed by atoms with Crippen LogP contribution in [0.1, 0.15) is 10.7 Å². The highest BCUT2D eigenvalue weighted by Gasteiger charge is 2.14. The van der Waals surface area contributed by atoms with Crippen molar-refractivity contribution in [2.24, 2.45) is 0 Å². The molecule has 0 aliphatic heterocycles. The molecule has 5 nitrogen and oxygen atoms in total. The molecule has 98 valence electrons. The lowest BCUT2D eigenvalue weighted by molar-refractivity contribution is 0.413. The van der Waals surface area contributed by atoms with Crippen molar-refractivity contribution in [3.8, 4) is 9.88 Å². The summed E-state index contributed by atoms with van der Waals surface area (Å²) in [5.41, 5.74) is 1.05. The average molecular weight is 283 g/mol. The van der Waals surface area contributed by atoms with Crippen LogP contribution in [-0.2, 0) is 6.42 Å². The molecule has 0 aliphatic rings.